The highest BCUT2D eigenvalue weighted by Gasteiger charge is 2.38. The van der Waals surface area contributed by atoms with E-state index in [1.807, 2.05) is 6.20 Å². The summed E-state index contributed by atoms with van der Waals surface area (Å²) in [5.74, 6) is 1.68. The third-order valence-electron chi connectivity index (χ3n) is 3.52. The lowest BCUT2D eigenvalue weighted by molar-refractivity contribution is -0.885. The van der Waals surface area contributed by atoms with Gasteiger partial charge in [-0.3, -0.25) is 4.84 Å². The molecule has 13 heavy (non-hydrogen) atoms. The fourth-order valence-electron chi connectivity index (χ4n) is 2.88. The van der Waals surface area contributed by atoms with Crippen molar-refractivity contribution in [1.82, 2.24) is 0 Å². The van der Waals surface area contributed by atoms with Crippen molar-refractivity contribution in [1.29, 1.82) is 0 Å². The van der Waals surface area contributed by atoms with E-state index in [1.165, 1.54) is 24.8 Å². The predicted molar refractivity (Wildman–Crippen MR) is 48.5 cm³/mol. The first-order chi connectivity index (χ1) is 6.38. The molecule has 1 aromatic rings. The van der Waals surface area contributed by atoms with E-state index in [-0.39, 0.29) is 0 Å². The van der Waals surface area contributed by atoms with Crippen LogP contribution in [-0.2, 0) is 0 Å². The number of hydrogen-bond donors (Lipinski definition) is 0. The molecule has 1 heterocycles. The van der Waals surface area contributed by atoms with Crippen molar-refractivity contribution in [3.8, 4) is 0 Å². The lowest BCUT2D eigenvalue weighted by atomic mass is 9.94. The lowest BCUT2D eigenvalue weighted by Gasteiger charge is -2.11. The molecule has 1 fully saturated rings. The van der Waals surface area contributed by atoms with Crippen LogP contribution in [0.15, 0.2) is 18.5 Å². The molecule has 0 radical (unpaired) electrons. The SMILES string of the molecule is CO[n+]1ccc2c(c1)C1CCC2C1. The maximum atomic E-state index is 5.16. The average Bonchev–Trinajstić information content (AvgIpc) is 2.77. The molecule has 1 saturated carbocycles. The van der Waals surface area contributed by atoms with E-state index >= 15 is 0 Å². The zero-order valence-corrected chi connectivity index (χ0v) is 7.86. The summed E-state index contributed by atoms with van der Waals surface area (Å²) in [7, 11) is 1.71. The standard InChI is InChI=1S/C11H14NO/c1-13-12-5-4-10-8-2-3-9(6-8)11(10)7-12/h4-5,7-9H,2-3,6H2,1H3/q+1. The number of aromatic nitrogens is 1. The second-order valence-corrected chi connectivity index (χ2v) is 4.10. The minimum atomic E-state index is 0.822. The Morgan fingerprint density at radius 3 is 2.85 bits per heavy atom. The summed E-state index contributed by atoms with van der Waals surface area (Å²) < 4.78 is 1.81. The van der Waals surface area contributed by atoms with Crippen molar-refractivity contribution in [2.45, 2.75) is 31.1 Å². The van der Waals surface area contributed by atoms with Crippen molar-refractivity contribution < 1.29 is 9.57 Å². The van der Waals surface area contributed by atoms with E-state index in [0.717, 1.165) is 11.8 Å². The first-order valence-corrected chi connectivity index (χ1v) is 4.98. The van der Waals surface area contributed by atoms with Crippen molar-refractivity contribution >= 4 is 0 Å². The molecule has 0 aromatic carbocycles. The zero-order valence-electron chi connectivity index (χ0n) is 7.86. The fraction of sp³-hybridized carbons (Fsp3) is 0.545. The molecule has 3 rings (SSSR count). The minimum Gasteiger partial charge on any atom is -0.275 e. The second-order valence-electron chi connectivity index (χ2n) is 4.10. The number of rotatable bonds is 1. The fourth-order valence-corrected chi connectivity index (χ4v) is 2.88. The van der Waals surface area contributed by atoms with Crippen LogP contribution in [0.25, 0.3) is 0 Å². The third-order valence-corrected chi connectivity index (χ3v) is 3.52. The topological polar surface area (TPSA) is 13.1 Å². The molecule has 1 aromatic heterocycles. The van der Waals surface area contributed by atoms with Gasteiger partial charge in [0.25, 0.3) is 0 Å². The van der Waals surface area contributed by atoms with Gasteiger partial charge in [0.1, 0.15) is 7.11 Å². The molecule has 2 heteroatoms. The Labute approximate surface area is 78.1 Å². The summed E-state index contributed by atoms with van der Waals surface area (Å²) in [6, 6.07) is 2.22. The molecule has 2 nitrogen and oxygen atoms in total. The highest BCUT2D eigenvalue weighted by molar-refractivity contribution is 5.37. The van der Waals surface area contributed by atoms with Crippen LogP contribution in [0.1, 0.15) is 42.2 Å². The van der Waals surface area contributed by atoms with Gasteiger partial charge in [-0.1, -0.05) is 0 Å². The Bertz CT molecular complexity index is 348. The Morgan fingerprint density at radius 2 is 2.08 bits per heavy atom. The molecular formula is C11H14NO+. The summed E-state index contributed by atoms with van der Waals surface area (Å²) in [6.07, 6.45) is 8.32. The molecule has 2 bridgehead atoms. The molecule has 2 unspecified atom stereocenters. The first-order valence-electron chi connectivity index (χ1n) is 4.98. The van der Waals surface area contributed by atoms with Gasteiger partial charge in [-0.2, -0.15) is 0 Å². The van der Waals surface area contributed by atoms with Crippen LogP contribution in [0.4, 0.5) is 0 Å². The van der Waals surface area contributed by atoms with Crippen LogP contribution in [-0.4, -0.2) is 7.11 Å². The Hall–Kier alpha value is -1.05. The molecule has 2 aliphatic rings. The number of fused-ring (bicyclic) bond motifs is 5. The number of nitrogens with zero attached hydrogens (tertiary/aromatic N) is 1. The van der Waals surface area contributed by atoms with Crippen molar-refractivity contribution in [2.75, 3.05) is 7.11 Å². The van der Waals surface area contributed by atoms with Crippen LogP contribution in [0.2, 0.25) is 0 Å². The minimum absolute atomic E-state index is 0.822. The van der Waals surface area contributed by atoms with Crippen LogP contribution in [0.3, 0.4) is 0 Å². The maximum Gasteiger partial charge on any atom is 0.226 e. The van der Waals surface area contributed by atoms with Gasteiger partial charge in [0.15, 0.2) is 0 Å². The number of hydrogen-bond acceptors (Lipinski definition) is 1. The van der Waals surface area contributed by atoms with Gasteiger partial charge in [0.05, 0.1) is 0 Å². The highest BCUT2D eigenvalue weighted by atomic mass is 16.6. The van der Waals surface area contributed by atoms with Crippen LogP contribution >= 0.6 is 0 Å². The van der Waals surface area contributed by atoms with Crippen molar-refractivity contribution in [3.63, 3.8) is 0 Å². The Morgan fingerprint density at radius 1 is 1.31 bits per heavy atom. The molecule has 68 valence electrons. The van der Waals surface area contributed by atoms with Crippen molar-refractivity contribution in [2.24, 2.45) is 0 Å². The van der Waals surface area contributed by atoms with Gasteiger partial charge in [0.2, 0.25) is 12.4 Å². The number of pyridine rings is 1. The summed E-state index contributed by atoms with van der Waals surface area (Å²) in [5, 5.41) is 0. The monoisotopic (exact) mass is 176 g/mol. The summed E-state index contributed by atoms with van der Waals surface area (Å²) in [4.78, 5) is 5.16. The largest absolute Gasteiger partial charge is 0.275 e. The van der Waals surface area contributed by atoms with Gasteiger partial charge in [-0.25, -0.2) is 0 Å². The third kappa shape index (κ3) is 0.916. The lowest BCUT2D eigenvalue weighted by Crippen LogP contribution is -2.40. The molecule has 0 N–H and O–H groups in total. The molecule has 0 amide bonds. The van der Waals surface area contributed by atoms with E-state index in [0.29, 0.717) is 0 Å². The van der Waals surface area contributed by atoms with Gasteiger partial charge < -0.3 is 0 Å². The maximum absolute atomic E-state index is 5.16. The van der Waals surface area contributed by atoms with Crippen LogP contribution < -0.4 is 9.57 Å². The molecule has 2 atom stereocenters. The zero-order chi connectivity index (χ0) is 8.84. The van der Waals surface area contributed by atoms with E-state index in [2.05, 4.69) is 12.3 Å². The van der Waals surface area contributed by atoms with E-state index in [4.69, 9.17) is 4.84 Å². The second kappa shape index (κ2) is 2.47. The molecule has 0 saturated heterocycles. The molecule has 0 aliphatic heterocycles. The Kier molecular flexibility index (Phi) is 1.40. The quantitative estimate of drug-likeness (QED) is 0.589. The van der Waals surface area contributed by atoms with E-state index in [9.17, 15) is 0 Å². The normalized spacial score (nSPS) is 29.0. The van der Waals surface area contributed by atoms with Gasteiger partial charge >= 0.3 is 0 Å². The predicted octanol–water partition coefficient (Wildman–Crippen LogP) is 1.40. The van der Waals surface area contributed by atoms with Gasteiger partial charge in [-0.05, 0) is 36.7 Å². The van der Waals surface area contributed by atoms with Crippen LogP contribution in [0.5, 0.6) is 0 Å². The average molecular weight is 176 g/mol. The Balaban J connectivity index is 2.11. The van der Waals surface area contributed by atoms with Crippen molar-refractivity contribution in [3.05, 3.63) is 29.6 Å². The van der Waals surface area contributed by atoms with Gasteiger partial charge in [0, 0.05) is 16.4 Å². The van der Waals surface area contributed by atoms with E-state index in [1.54, 1.807) is 17.4 Å². The summed E-state index contributed by atoms with van der Waals surface area (Å²) >= 11 is 0. The highest BCUT2D eigenvalue weighted by Crippen LogP contribution is 2.52. The molecule has 2 aliphatic carbocycles. The summed E-state index contributed by atoms with van der Waals surface area (Å²) in [6.45, 7) is 0. The van der Waals surface area contributed by atoms with Gasteiger partial charge in [-0.15, -0.1) is 0 Å². The van der Waals surface area contributed by atoms with E-state index < -0.39 is 0 Å². The first kappa shape index (κ1) is 7.36. The smallest absolute Gasteiger partial charge is 0.226 e. The van der Waals surface area contributed by atoms with Crippen LogP contribution in [0, 0.1) is 0 Å². The molecule has 0 spiro atoms. The summed E-state index contributed by atoms with van der Waals surface area (Å²) in [5.41, 5.74) is 3.10. The molecular weight excluding hydrogens is 162 g/mol.